The van der Waals surface area contributed by atoms with Crippen LogP contribution in [0, 0.1) is 0 Å². The maximum absolute atomic E-state index is 5.63. The SMILES string of the molecule is c1nc(NC2CC2)c2nnn(CC3CCCO3)c2n1. The first-order valence-corrected chi connectivity index (χ1v) is 6.82. The summed E-state index contributed by atoms with van der Waals surface area (Å²) in [6, 6.07) is 0.543. The fourth-order valence-electron chi connectivity index (χ4n) is 2.42. The van der Waals surface area contributed by atoms with Gasteiger partial charge in [0.25, 0.3) is 0 Å². The van der Waals surface area contributed by atoms with Crippen molar-refractivity contribution in [2.24, 2.45) is 0 Å². The Morgan fingerprint density at radius 3 is 3.05 bits per heavy atom. The highest BCUT2D eigenvalue weighted by Gasteiger charge is 2.24. The summed E-state index contributed by atoms with van der Waals surface area (Å²) in [7, 11) is 0. The zero-order chi connectivity index (χ0) is 12.7. The number of hydrogen-bond donors (Lipinski definition) is 1. The van der Waals surface area contributed by atoms with E-state index in [-0.39, 0.29) is 6.10 Å². The van der Waals surface area contributed by atoms with Crippen LogP contribution in [-0.4, -0.2) is 43.7 Å². The Morgan fingerprint density at radius 2 is 2.26 bits per heavy atom. The van der Waals surface area contributed by atoms with Gasteiger partial charge in [-0.3, -0.25) is 0 Å². The van der Waals surface area contributed by atoms with Crippen LogP contribution < -0.4 is 5.32 Å². The number of ether oxygens (including phenoxy) is 1. The molecule has 7 heteroatoms. The summed E-state index contributed by atoms with van der Waals surface area (Å²) in [5, 5.41) is 11.8. The molecule has 2 aromatic rings. The van der Waals surface area contributed by atoms with E-state index < -0.39 is 0 Å². The average molecular weight is 260 g/mol. The third-order valence-corrected chi connectivity index (χ3v) is 3.62. The number of aromatic nitrogens is 5. The third kappa shape index (κ3) is 2.14. The lowest BCUT2D eigenvalue weighted by Gasteiger charge is -2.08. The summed E-state index contributed by atoms with van der Waals surface area (Å²) < 4.78 is 7.46. The monoisotopic (exact) mass is 260 g/mol. The highest BCUT2D eigenvalue weighted by Crippen LogP contribution is 2.26. The van der Waals surface area contributed by atoms with Crippen molar-refractivity contribution in [3.63, 3.8) is 0 Å². The van der Waals surface area contributed by atoms with Crippen LogP contribution in [0.25, 0.3) is 11.2 Å². The second kappa shape index (κ2) is 4.41. The molecule has 19 heavy (non-hydrogen) atoms. The van der Waals surface area contributed by atoms with Crippen molar-refractivity contribution in [2.45, 2.75) is 44.4 Å². The number of fused-ring (bicyclic) bond motifs is 1. The molecule has 4 rings (SSSR count). The van der Waals surface area contributed by atoms with Gasteiger partial charge in [-0.15, -0.1) is 5.10 Å². The van der Waals surface area contributed by atoms with Gasteiger partial charge in [0.1, 0.15) is 6.33 Å². The average Bonchev–Trinajstić information content (AvgIpc) is 2.93. The van der Waals surface area contributed by atoms with Crippen LogP contribution in [-0.2, 0) is 11.3 Å². The van der Waals surface area contributed by atoms with Crippen LogP contribution in [0.4, 0.5) is 5.82 Å². The minimum absolute atomic E-state index is 0.236. The predicted octanol–water partition coefficient (Wildman–Crippen LogP) is 0.975. The van der Waals surface area contributed by atoms with E-state index in [1.807, 2.05) is 4.68 Å². The van der Waals surface area contributed by atoms with Crippen molar-refractivity contribution in [1.29, 1.82) is 0 Å². The molecular weight excluding hydrogens is 244 g/mol. The molecule has 1 aliphatic carbocycles. The van der Waals surface area contributed by atoms with Gasteiger partial charge in [0, 0.05) is 12.6 Å². The summed E-state index contributed by atoms with van der Waals surface area (Å²) in [5.41, 5.74) is 1.54. The molecule has 0 aromatic carbocycles. The molecule has 1 aliphatic heterocycles. The van der Waals surface area contributed by atoms with Crippen molar-refractivity contribution >= 4 is 17.0 Å². The molecule has 1 atom stereocenters. The van der Waals surface area contributed by atoms with Gasteiger partial charge in [0.2, 0.25) is 0 Å². The molecule has 0 bridgehead atoms. The fraction of sp³-hybridized carbons (Fsp3) is 0.667. The molecule has 1 unspecified atom stereocenters. The maximum Gasteiger partial charge on any atom is 0.183 e. The Labute approximate surface area is 110 Å². The zero-order valence-corrected chi connectivity index (χ0v) is 10.6. The second-order valence-corrected chi connectivity index (χ2v) is 5.22. The van der Waals surface area contributed by atoms with Gasteiger partial charge in [0.15, 0.2) is 17.0 Å². The summed E-state index contributed by atoms with van der Waals surface area (Å²) in [5.74, 6) is 0.797. The van der Waals surface area contributed by atoms with E-state index in [2.05, 4.69) is 25.6 Å². The quantitative estimate of drug-likeness (QED) is 0.882. The number of nitrogens with zero attached hydrogens (tertiary/aromatic N) is 5. The van der Waals surface area contributed by atoms with E-state index in [0.29, 0.717) is 6.04 Å². The molecule has 2 aromatic heterocycles. The summed E-state index contributed by atoms with van der Waals surface area (Å²) >= 11 is 0. The molecule has 0 radical (unpaired) electrons. The van der Waals surface area contributed by atoms with Crippen molar-refractivity contribution in [1.82, 2.24) is 25.0 Å². The normalized spacial score (nSPS) is 23.1. The molecule has 1 saturated heterocycles. The van der Waals surface area contributed by atoms with Crippen molar-refractivity contribution < 1.29 is 4.74 Å². The van der Waals surface area contributed by atoms with Crippen LogP contribution in [0.2, 0.25) is 0 Å². The highest BCUT2D eigenvalue weighted by molar-refractivity contribution is 5.82. The smallest absolute Gasteiger partial charge is 0.183 e. The Kier molecular flexibility index (Phi) is 2.58. The Bertz CT molecular complexity index is 587. The van der Waals surface area contributed by atoms with Crippen LogP contribution in [0.1, 0.15) is 25.7 Å². The van der Waals surface area contributed by atoms with Gasteiger partial charge in [-0.2, -0.15) is 0 Å². The minimum atomic E-state index is 0.236. The molecule has 3 heterocycles. The van der Waals surface area contributed by atoms with Gasteiger partial charge in [0.05, 0.1) is 12.6 Å². The first kappa shape index (κ1) is 11.1. The molecule has 0 amide bonds. The van der Waals surface area contributed by atoms with Crippen LogP contribution in [0.15, 0.2) is 6.33 Å². The van der Waals surface area contributed by atoms with Crippen molar-refractivity contribution in [3.8, 4) is 0 Å². The van der Waals surface area contributed by atoms with Gasteiger partial charge in [-0.1, -0.05) is 5.21 Å². The number of hydrogen-bond acceptors (Lipinski definition) is 6. The maximum atomic E-state index is 5.63. The van der Waals surface area contributed by atoms with Crippen LogP contribution >= 0.6 is 0 Å². The van der Waals surface area contributed by atoms with E-state index in [9.17, 15) is 0 Å². The lowest BCUT2D eigenvalue weighted by Crippen LogP contribution is -2.16. The van der Waals surface area contributed by atoms with Crippen LogP contribution in [0.5, 0.6) is 0 Å². The topological polar surface area (TPSA) is 77.8 Å². The second-order valence-electron chi connectivity index (χ2n) is 5.22. The molecule has 2 aliphatic rings. The minimum Gasteiger partial charge on any atom is -0.376 e. The van der Waals surface area contributed by atoms with Gasteiger partial charge < -0.3 is 10.1 Å². The largest absolute Gasteiger partial charge is 0.376 e. The van der Waals surface area contributed by atoms with E-state index in [1.165, 1.54) is 12.8 Å². The van der Waals surface area contributed by atoms with Crippen molar-refractivity contribution in [3.05, 3.63) is 6.33 Å². The Balaban J connectivity index is 1.64. The standard InChI is InChI=1S/C12H16N6O/c1-2-9(19-5-1)6-18-12-10(16-17-18)11(13-7-14-12)15-8-3-4-8/h7-9H,1-6H2,(H,13,14,15). The van der Waals surface area contributed by atoms with Crippen LogP contribution in [0.3, 0.4) is 0 Å². The Hall–Kier alpha value is -1.76. The zero-order valence-electron chi connectivity index (χ0n) is 10.6. The molecule has 2 fully saturated rings. The molecule has 1 saturated carbocycles. The first-order valence-electron chi connectivity index (χ1n) is 6.82. The van der Waals surface area contributed by atoms with E-state index in [4.69, 9.17) is 4.74 Å². The third-order valence-electron chi connectivity index (χ3n) is 3.62. The number of rotatable bonds is 4. The number of nitrogens with one attached hydrogen (secondary N) is 1. The van der Waals surface area contributed by atoms with Gasteiger partial charge in [-0.25, -0.2) is 14.6 Å². The fourth-order valence-corrected chi connectivity index (χ4v) is 2.42. The molecular formula is C12H16N6O. The summed E-state index contributed by atoms with van der Waals surface area (Å²) in [6.07, 6.45) is 6.42. The van der Waals surface area contributed by atoms with E-state index in [1.54, 1.807) is 6.33 Å². The number of anilines is 1. The first-order chi connectivity index (χ1) is 9.40. The van der Waals surface area contributed by atoms with E-state index in [0.717, 1.165) is 43.0 Å². The molecule has 0 spiro atoms. The van der Waals surface area contributed by atoms with E-state index >= 15 is 0 Å². The highest BCUT2D eigenvalue weighted by atomic mass is 16.5. The van der Waals surface area contributed by atoms with Crippen molar-refractivity contribution in [2.75, 3.05) is 11.9 Å². The molecule has 100 valence electrons. The molecule has 7 nitrogen and oxygen atoms in total. The lowest BCUT2D eigenvalue weighted by atomic mass is 10.2. The predicted molar refractivity (Wildman–Crippen MR) is 68.7 cm³/mol. The lowest BCUT2D eigenvalue weighted by molar-refractivity contribution is 0.0944. The van der Waals surface area contributed by atoms with Gasteiger partial charge >= 0.3 is 0 Å². The summed E-state index contributed by atoms with van der Waals surface area (Å²) in [4.78, 5) is 8.57. The summed E-state index contributed by atoms with van der Waals surface area (Å²) in [6.45, 7) is 1.57. The Morgan fingerprint density at radius 1 is 1.32 bits per heavy atom. The molecule has 1 N–H and O–H groups in total. The van der Waals surface area contributed by atoms with Gasteiger partial charge in [-0.05, 0) is 25.7 Å².